The molecule has 2 nitrogen and oxygen atoms in total. The van der Waals surface area contributed by atoms with Gasteiger partial charge < -0.3 is 5.11 Å². The van der Waals surface area contributed by atoms with E-state index in [1.165, 1.54) is 0 Å². The topological polar surface area (TPSA) is 33.1 Å². The van der Waals surface area contributed by atoms with E-state index in [0.29, 0.717) is 5.75 Å². The Kier molecular flexibility index (Phi) is 6.48. The molecular formula is C18H22BrNOS. The average molecular weight is 380 g/mol. The molecule has 0 saturated carbocycles. The Morgan fingerprint density at radius 1 is 1.27 bits per heavy atom. The fraction of sp³-hybridized carbons (Fsp3) is 0.389. The lowest BCUT2D eigenvalue weighted by atomic mass is 9.82. The number of aliphatic hydroxyl groups is 1. The van der Waals surface area contributed by atoms with Crippen LogP contribution in [0.1, 0.15) is 32.3 Å². The first-order valence-corrected chi connectivity index (χ1v) is 9.35. The van der Waals surface area contributed by atoms with Crippen LogP contribution in [-0.2, 0) is 5.60 Å². The molecule has 2 aromatic rings. The fourth-order valence-corrected chi connectivity index (χ4v) is 3.96. The number of pyridine rings is 1. The first-order chi connectivity index (χ1) is 10.6. The van der Waals surface area contributed by atoms with E-state index in [1.807, 2.05) is 24.3 Å². The quantitative estimate of drug-likeness (QED) is 0.665. The predicted octanol–water partition coefficient (Wildman–Crippen LogP) is 5.26. The van der Waals surface area contributed by atoms with Gasteiger partial charge in [-0.05, 0) is 42.7 Å². The summed E-state index contributed by atoms with van der Waals surface area (Å²) in [5, 5.41) is 11.3. The third-order valence-corrected chi connectivity index (χ3v) is 5.69. The Hall–Kier alpha value is -0.840. The number of rotatable bonds is 7. The van der Waals surface area contributed by atoms with Gasteiger partial charge in [0.2, 0.25) is 0 Å². The number of aromatic nitrogens is 1. The Balaban J connectivity index is 2.19. The van der Waals surface area contributed by atoms with E-state index < -0.39 is 5.60 Å². The van der Waals surface area contributed by atoms with Crippen molar-refractivity contribution < 1.29 is 5.11 Å². The van der Waals surface area contributed by atoms with Crippen LogP contribution in [0.25, 0.3) is 0 Å². The molecule has 0 spiro atoms. The van der Waals surface area contributed by atoms with Crippen LogP contribution >= 0.6 is 27.7 Å². The number of nitrogens with zero attached hydrogens (tertiary/aromatic N) is 1. The van der Waals surface area contributed by atoms with E-state index in [-0.39, 0.29) is 5.92 Å². The van der Waals surface area contributed by atoms with Crippen molar-refractivity contribution in [3.8, 4) is 0 Å². The van der Waals surface area contributed by atoms with Gasteiger partial charge in [-0.1, -0.05) is 42.3 Å². The van der Waals surface area contributed by atoms with Crippen LogP contribution in [0.4, 0.5) is 0 Å². The zero-order chi connectivity index (χ0) is 16.0. The van der Waals surface area contributed by atoms with Crippen LogP contribution in [-0.4, -0.2) is 15.8 Å². The zero-order valence-corrected chi connectivity index (χ0v) is 15.4. The van der Waals surface area contributed by atoms with Gasteiger partial charge in [0.15, 0.2) is 0 Å². The van der Waals surface area contributed by atoms with Gasteiger partial charge in [-0.3, -0.25) is 4.98 Å². The van der Waals surface area contributed by atoms with Crippen LogP contribution in [0, 0.1) is 5.92 Å². The molecule has 0 saturated heterocycles. The molecule has 0 radical (unpaired) electrons. The van der Waals surface area contributed by atoms with Gasteiger partial charge in [0.25, 0.3) is 0 Å². The summed E-state index contributed by atoms with van der Waals surface area (Å²) in [4.78, 5) is 5.35. The minimum atomic E-state index is -0.859. The highest BCUT2D eigenvalue weighted by molar-refractivity contribution is 9.10. The molecule has 2 atom stereocenters. The monoisotopic (exact) mass is 379 g/mol. The number of hydrogen-bond donors (Lipinski definition) is 1. The lowest BCUT2D eigenvalue weighted by molar-refractivity contribution is 0.00248. The van der Waals surface area contributed by atoms with E-state index in [4.69, 9.17) is 0 Å². The highest BCUT2D eigenvalue weighted by atomic mass is 79.9. The molecule has 0 aliphatic carbocycles. The molecule has 4 heteroatoms. The third kappa shape index (κ3) is 4.34. The molecule has 0 fully saturated rings. The summed E-state index contributed by atoms with van der Waals surface area (Å²) in [6.45, 7) is 4.28. The lowest BCUT2D eigenvalue weighted by Crippen LogP contribution is -2.36. The van der Waals surface area contributed by atoms with Gasteiger partial charge in [-0.15, -0.1) is 11.8 Å². The van der Waals surface area contributed by atoms with Gasteiger partial charge >= 0.3 is 0 Å². The molecule has 1 heterocycles. The lowest BCUT2D eigenvalue weighted by Gasteiger charge is -2.34. The Labute approximate surface area is 145 Å². The molecule has 0 aliphatic rings. The molecular weight excluding hydrogens is 358 g/mol. The normalized spacial score (nSPS) is 15.3. The molecule has 2 unspecified atom stereocenters. The van der Waals surface area contributed by atoms with Crippen LogP contribution in [0.3, 0.4) is 0 Å². The van der Waals surface area contributed by atoms with Gasteiger partial charge in [-0.25, -0.2) is 0 Å². The number of benzene rings is 1. The van der Waals surface area contributed by atoms with E-state index in [2.05, 4.69) is 46.9 Å². The second kappa shape index (κ2) is 8.14. The summed E-state index contributed by atoms with van der Waals surface area (Å²) in [6, 6.07) is 12.1. The maximum absolute atomic E-state index is 11.3. The molecule has 0 amide bonds. The first-order valence-electron chi connectivity index (χ1n) is 7.57. The summed E-state index contributed by atoms with van der Waals surface area (Å²) in [7, 11) is 0. The molecule has 1 N–H and O–H groups in total. The summed E-state index contributed by atoms with van der Waals surface area (Å²) < 4.78 is 1.07. The number of thioether (sulfide) groups is 1. The molecule has 0 bridgehead atoms. The van der Waals surface area contributed by atoms with Gasteiger partial charge in [0, 0.05) is 33.1 Å². The van der Waals surface area contributed by atoms with Crippen LogP contribution < -0.4 is 0 Å². The van der Waals surface area contributed by atoms with E-state index in [9.17, 15) is 5.11 Å². The number of halogens is 1. The van der Waals surface area contributed by atoms with Crippen molar-refractivity contribution in [3.05, 3.63) is 58.8 Å². The van der Waals surface area contributed by atoms with Crippen molar-refractivity contribution in [2.24, 2.45) is 5.92 Å². The highest BCUT2D eigenvalue weighted by Crippen LogP contribution is 2.37. The largest absolute Gasteiger partial charge is 0.384 e. The van der Waals surface area contributed by atoms with Crippen molar-refractivity contribution in [3.63, 3.8) is 0 Å². The van der Waals surface area contributed by atoms with Crippen LogP contribution in [0.5, 0.6) is 0 Å². The molecule has 0 aliphatic heterocycles. The molecule has 1 aromatic carbocycles. The highest BCUT2D eigenvalue weighted by Gasteiger charge is 2.35. The predicted molar refractivity (Wildman–Crippen MR) is 97.1 cm³/mol. The summed E-state index contributed by atoms with van der Waals surface area (Å²) >= 11 is 5.14. The molecule has 1 aromatic heterocycles. The minimum Gasteiger partial charge on any atom is -0.384 e. The molecule has 2 rings (SSSR count). The standard InChI is InChI=1S/C18H22BrNOS/c1-3-5-14(2)18(21,15-6-4-11-20-12-15)13-22-17-9-7-16(19)8-10-17/h4,6-12,14,21H,3,5,13H2,1-2H3. The van der Waals surface area contributed by atoms with E-state index in [0.717, 1.165) is 27.8 Å². The Morgan fingerprint density at radius 3 is 2.59 bits per heavy atom. The number of hydrogen-bond acceptors (Lipinski definition) is 3. The van der Waals surface area contributed by atoms with Crippen molar-refractivity contribution in [2.45, 2.75) is 37.2 Å². The van der Waals surface area contributed by atoms with E-state index >= 15 is 0 Å². The van der Waals surface area contributed by atoms with E-state index in [1.54, 1.807) is 24.2 Å². The molecule has 22 heavy (non-hydrogen) atoms. The van der Waals surface area contributed by atoms with Crippen molar-refractivity contribution in [1.29, 1.82) is 0 Å². The second-order valence-electron chi connectivity index (χ2n) is 5.60. The minimum absolute atomic E-state index is 0.185. The smallest absolute Gasteiger partial charge is 0.103 e. The maximum Gasteiger partial charge on any atom is 0.103 e. The fourth-order valence-electron chi connectivity index (χ4n) is 2.52. The summed E-state index contributed by atoms with van der Waals surface area (Å²) in [5.74, 6) is 0.811. The first kappa shape index (κ1) is 17.5. The van der Waals surface area contributed by atoms with Crippen LogP contribution in [0.2, 0.25) is 0 Å². The van der Waals surface area contributed by atoms with Crippen molar-refractivity contribution >= 4 is 27.7 Å². The van der Waals surface area contributed by atoms with Gasteiger partial charge in [-0.2, -0.15) is 0 Å². The Bertz CT molecular complexity index is 575. The van der Waals surface area contributed by atoms with Crippen molar-refractivity contribution in [1.82, 2.24) is 4.98 Å². The maximum atomic E-state index is 11.3. The SMILES string of the molecule is CCCC(C)C(O)(CSc1ccc(Br)cc1)c1cccnc1. The average Bonchev–Trinajstić information content (AvgIpc) is 2.55. The summed E-state index contributed by atoms with van der Waals surface area (Å²) in [6.07, 6.45) is 5.59. The van der Waals surface area contributed by atoms with Crippen LogP contribution in [0.15, 0.2) is 58.2 Å². The third-order valence-electron chi connectivity index (χ3n) is 3.97. The van der Waals surface area contributed by atoms with Gasteiger partial charge in [0.05, 0.1) is 0 Å². The second-order valence-corrected chi connectivity index (χ2v) is 7.56. The Morgan fingerprint density at radius 2 is 2.00 bits per heavy atom. The molecule has 118 valence electrons. The summed E-state index contributed by atoms with van der Waals surface area (Å²) in [5.41, 5.74) is 0.0442. The zero-order valence-electron chi connectivity index (χ0n) is 13.0. The van der Waals surface area contributed by atoms with Gasteiger partial charge in [0.1, 0.15) is 5.60 Å². The van der Waals surface area contributed by atoms with Crippen molar-refractivity contribution in [2.75, 3.05) is 5.75 Å².